The summed E-state index contributed by atoms with van der Waals surface area (Å²) in [5.41, 5.74) is -1.19. The molecule has 0 bridgehead atoms. The molecule has 2 rings (SSSR count). The number of rotatable bonds is 2. The number of ether oxygens (including phenoxy) is 1. The van der Waals surface area contributed by atoms with Crippen LogP contribution in [-0.2, 0) is 22.1 Å². The van der Waals surface area contributed by atoms with Crippen LogP contribution in [0.15, 0.2) is 18.3 Å². The number of likely N-dealkylation sites (tertiary alicyclic amines) is 1. The number of aromatic nitrogens is 1. The molecule has 1 aromatic rings. The molecule has 1 aliphatic rings. The third-order valence-corrected chi connectivity index (χ3v) is 3.50. The van der Waals surface area contributed by atoms with Crippen molar-refractivity contribution in [3.63, 3.8) is 0 Å². The lowest BCUT2D eigenvalue weighted by Crippen LogP contribution is -2.43. The highest BCUT2D eigenvalue weighted by molar-refractivity contribution is 5.94. The molecule has 0 N–H and O–H groups in total. The van der Waals surface area contributed by atoms with E-state index < -0.39 is 29.6 Å². The smallest absolute Gasteiger partial charge is 0.433 e. The first-order valence-corrected chi connectivity index (χ1v) is 7.54. The van der Waals surface area contributed by atoms with Crippen molar-refractivity contribution in [2.24, 2.45) is 0 Å². The van der Waals surface area contributed by atoms with Gasteiger partial charge in [-0.05, 0) is 45.2 Å². The number of carbonyl (C=O) groups is 2. The van der Waals surface area contributed by atoms with Gasteiger partial charge >= 0.3 is 12.3 Å². The minimum absolute atomic E-state index is 0.206. The van der Waals surface area contributed by atoms with Gasteiger partial charge in [-0.1, -0.05) is 6.07 Å². The van der Waals surface area contributed by atoms with E-state index in [0.717, 1.165) is 17.2 Å². The van der Waals surface area contributed by atoms with Crippen LogP contribution in [0.3, 0.4) is 0 Å². The molecule has 5 nitrogen and oxygen atoms in total. The Hall–Kier alpha value is -2.12. The van der Waals surface area contributed by atoms with Crippen LogP contribution < -0.4 is 0 Å². The molecule has 24 heavy (non-hydrogen) atoms. The maximum Gasteiger partial charge on any atom is 0.433 e. The Morgan fingerprint density at radius 1 is 1.33 bits per heavy atom. The summed E-state index contributed by atoms with van der Waals surface area (Å²) >= 11 is 0. The lowest BCUT2D eigenvalue weighted by atomic mass is 10.1. The average Bonchev–Trinajstić information content (AvgIpc) is 2.77. The van der Waals surface area contributed by atoms with Gasteiger partial charge in [0.15, 0.2) is 0 Å². The van der Waals surface area contributed by atoms with Crippen molar-refractivity contribution in [2.45, 2.75) is 57.9 Å². The monoisotopic (exact) mass is 344 g/mol. The van der Waals surface area contributed by atoms with Crippen molar-refractivity contribution in [3.8, 4) is 0 Å². The van der Waals surface area contributed by atoms with Gasteiger partial charge in [0.1, 0.15) is 11.3 Å². The number of halogens is 3. The van der Waals surface area contributed by atoms with Crippen LogP contribution >= 0.6 is 0 Å². The number of amides is 2. The average molecular weight is 344 g/mol. The van der Waals surface area contributed by atoms with E-state index >= 15 is 0 Å². The minimum atomic E-state index is -4.50. The topological polar surface area (TPSA) is 59.5 Å². The summed E-state index contributed by atoms with van der Waals surface area (Å²) in [6.07, 6.45) is -3.20. The van der Waals surface area contributed by atoms with Gasteiger partial charge in [-0.25, -0.2) is 9.69 Å². The van der Waals surface area contributed by atoms with Crippen LogP contribution in [0.4, 0.5) is 18.0 Å². The van der Waals surface area contributed by atoms with Crippen molar-refractivity contribution in [2.75, 3.05) is 0 Å². The lowest BCUT2D eigenvalue weighted by molar-refractivity contribution is -0.141. The van der Waals surface area contributed by atoms with E-state index in [2.05, 4.69) is 4.98 Å². The van der Waals surface area contributed by atoms with Gasteiger partial charge in [-0.2, -0.15) is 13.2 Å². The Morgan fingerprint density at radius 2 is 2.00 bits per heavy atom. The highest BCUT2D eigenvalue weighted by Crippen LogP contribution is 2.28. The van der Waals surface area contributed by atoms with Crippen LogP contribution in [0.1, 0.15) is 44.9 Å². The number of hydrogen-bond acceptors (Lipinski definition) is 4. The van der Waals surface area contributed by atoms with Crippen molar-refractivity contribution < 1.29 is 27.5 Å². The quantitative estimate of drug-likeness (QED) is 0.823. The standard InChI is InChI=1S/C16H19F3N2O3/c1-15(2,3)24-14(23)21-11(5-7-13(21)22)8-10-4-6-12(20-9-10)16(17,18)19/h4,6,9,11H,5,7-8H2,1-3H3. The molecule has 1 fully saturated rings. The second-order valence-electron chi connectivity index (χ2n) is 6.69. The summed E-state index contributed by atoms with van der Waals surface area (Å²) < 4.78 is 42.8. The minimum Gasteiger partial charge on any atom is -0.443 e. The highest BCUT2D eigenvalue weighted by Gasteiger charge is 2.38. The molecule has 1 atom stereocenters. The molecule has 1 unspecified atom stereocenters. The predicted octanol–water partition coefficient (Wildman–Crippen LogP) is 3.57. The van der Waals surface area contributed by atoms with E-state index in [4.69, 9.17) is 4.74 Å². The zero-order valence-corrected chi connectivity index (χ0v) is 13.7. The largest absolute Gasteiger partial charge is 0.443 e. The molecular weight excluding hydrogens is 325 g/mol. The summed E-state index contributed by atoms with van der Waals surface area (Å²) in [6.45, 7) is 5.08. The third kappa shape index (κ3) is 4.46. The normalized spacial score (nSPS) is 18.8. The van der Waals surface area contributed by atoms with Crippen LogP contribution in [-0.4, -0.2) is 33.5 Å². The van der Waals surface area contributed by atoms with E-state index in [0.29, 0.717) is 12.0 Å². The molecule has 2 amide bonds. The van der Waals surface area contributed by atoms with Crippen molar-refractivity contribution in [1.82, 2.24) is 9.88 Å². The van der Waals surface area contributed by atoms with E-state index in [1.54, 1.807) is 20.8 Å². The first-order chi connectivity index (χ1) is 11.0. The first-order valence-electron chi connectivity index (χ1n) is 7.54. The molecule has 0 saturated carbocycles. The maximum atomic E-state index is 12.5. The number of alkyl halides is 3. The Bertz CT molecular complexity index is 621. The van der Waals surface area contributed by atoms with Crippen LogP contribution in [0.2, 0.25) is 0 Å². The van der Waals surface area contributed by atoms with Gasteiger partial charge in [0.05, 0.1) is 0 Å². The molecule has 132 valence electrons. The fourth-order valence-electron chi connectivity index (χ4n) is 2.48. The van der Waals surface area contributed by atoms with E-state index in [1.807, 2.05) is 0 Å². The SMILES string of the molecule is CC(C)(C)OC(=O)N1C(=O)CCC1Cc1ccc(C(F)(F)F)nc1. The van der Waals surface area contributed by atoms with Crippen LogP contribution in [0.25, 0.3) is 0 Å². The molecule has 0 radical (unpaired) electrons. The zero-order valence-electron chi connectivity index (χ0n) is 13.7. The van der Waals surface area contributed by atoms with Gasteiger partial charge in [0.25, 0.3) is 0 Å². The second-order valence-corrected chi connectivity index (χ2v) is 6.69. The molecule has 8 heteroatoms. The Balaban J connectivity index is 2.10. The molecule has 0 aromatic carbocycles. The lowest BCUT2D eigenvalue weighted by Gasteiger charge is -2.27. The number of imide groups is 1. The van der Waals surface area contributed by atoms with Crippen LogP contribution in [0.5, 0.6) is 0 Å². The van der Waals surface area contributed by atoms with Crippen molar-refractivity contribution in [1.29, 1.82) is 0 Å². The predicted molar refractivity (Wildman–Crippen MR) is 79.0 cm³/mol. The fraction of sp³-hybridized carbons (Fsp3) is 0.562. The molecule has 1 saturated heterocycles. The summed E-state index contributed by atoms with van der Waals surface area (Å²) in [6, 6.07) is 1.77. The molecule has 1 aromatic heterocycles. The van der Waals surface area contributed by atoms with Crippen LogP contribution in [0, 0.1) is 0 Å². The van der Waals surface area contributed by atoms with E-state index in [1.165, 1.54) is 6.07 Å². The van der Waals surface area contributed by atoms with Gasteiger partial charge in [0, 0.05) is 18.7 Å². The summed E-state index contributed by atoms with van der Waals surface area (Å²) in [7, 11) is 0. The number of hydrogen-bond donors (Lipinski definition) is 0. The van der Waals surface area contributed by atoms with Crippen molar-refractivity contribution in [3.05, 3.63) is 29.6 Å². The maximum absolute atomic E-state index is 12.5. The first kappa shape index (κ1) is 18.2. The van der Waals surface area contributed by atoms with E-state index in [9.17, 15) is 22.8 Å². The fourth-order valence-corrected chi connectivity index (χ4v) is 2.48. The highest BCUT2D eigenvalue weighted by atomic mass is 19.4. The Labute approximate surface area is 137 Å². The van der Waals surface area contributed by atoms with Gasteiger partial charge in [0.2, 0.25) is 5.91 Å². The number of carbonyl (C=O) groups excluding carboxylic acids is 2. The van der Waals surface area contributed by atoms with Gasteiger partial charge in [-0.3, -0.25) is 9.78 Å². The third-order valence-electron chi connectivity index (χ3n) is 3.50. The second kappa shape index (κ2) is 6.41. The zero-order chi connectivity index (χ0) is 18.1. The summed E-state index contributed by atoms with van der Waals surface area (Å²) in [5.74, 6) is -0.339. The molecular formula is C16H19F3N2O3. The molecule has 0 spiro atoms. The Kier molecular flexibility index (Phi) is 4.87. The van der Waals surface area contributed by atoms with Gasteiger partial charge < -0.3 is 4.74 Å². The summed E-state index contributed by atoms with van der Waals surface area (Å²) in [4.78, 5) is 28.6. The molecule has 1 aliphatic heterocycles. The number of nitrogens with zero attached hydrogens (tertiary/aromatic N) is 2. The number of pyridine rings is 1. The molecule has 2 heterocycles. The van der Waals surface area contributed by atoms with E-state index in [-0.39, 0.29) is 18.7 Å². The molecule has 0 aliphatic carbocycles. The van der Waals surface area contributed by atoms with Crippen molar-refractivity contribution >= 4 is 12.0 Å². The summed E-state index contributed by atoms with van der Waals surface area (Å²) in [5, 5.41) is 0. The van der Waals surface area contributed by atoms with Gasteiger partial charge in [-0.15, -0.1) is 0 Å². The Morgan fingerprint density at radius 3 is 2.50 bits per heavy atom.